The van der Waals surface area contributed by atoms with Gasteiger partial charge in [-0.2, -0.15) is 4.98 Å². The summed E-state index contributed by atoms with van der Waals surface area (Å²) in [5.41, 5.74) is 0.862. The smallest absolute Gasteiger partial charge is 0.227 e. The Morgan fingerprint density at radius 3 is 2.76 bits per heavy atom. The van der Waals surface area contributed by atoms with Crippen LogP contribution in [0.25, 0.3) is 11.4 Å². The van der Waals surface area contributed by atoms with Gasteiger partial charge in [-0.3, -0.25) is 4.79 Å². The normalized spacial score (nSPS) is 20.8. The number of likely N-dealkylation sites (N-methyl/N-ethyl adjacent to an activating group) is 1. The molecule has 2 aromatic rings. The molecule has 8 nitrogen and oxygen atoms in total. The molecule has 2 aliphatic heterocycles. The molecule has 0 saturated carbocycles. The average Bonchev–Trinajstić information content (AvgIpc) is 3.28. The summed E-state index contributed by atoms with van der Waals surface area (Å²) in [5.74, 6) is 2.32. The van der Waals surface area contributed by atoms with Gasteiger partial charge < -0.3 is 19.2 Å². The van der Waals surface area contributed by atoms with E-state index >= 15 is 0 Å². The minimum Gasteiger partial charge on any atom is -0.355 e. The van der Waals surface area contributed by atoms with E-state index in [1.807, 2.05) is 24.0 Å². The van der Waals surface area contributed by atoms with E-state index in [0.29, 0.717) is 24.7 Å². The highest BCUT2D eigenvalue weighted by Crippen LogP contribution is 2.30. The Balaban J connectivity index is 1.48. The van der Waals surface area contributed by atoms with E-state index in [1.54, 1.807) is 6.20 Å². The van der Waals surface area contributed by atoms with Gasteiger partial charge in [0.2, 0.25) is 17.6 Å². The van der Waals surface area contributed by atoms with E-state index in [0.717, 1.165) is 63.5 Å². The number of hydrogen-bond acceptors (Lipinski definition) is 7. The monoisotopic (exact) mass is 398 g/mol. The largest absolute Gasteiger partial charge is 0.355 e. The van der Waals surface area contributed by atoms with Crippen molar-refractivity contribution in [2.24, 2.45) is 5.92 Å². The van der Waals surface area contributed by atoms with E-state index in [1.165, 1.54) is 0 Å². The molecule has 2 fully saturated rings. The SMILES string of the molecule is CCc1nc(-c2cccnc2N2CCC[C@@H](C(=O)N3CCN(CC)CC3)C2)no1. The van der Waals surface area contributed by atoms with E-state index in [9.17, 15) is 4.79 Å². The molecule has 0 aromatic carbocycles. The van der Waals surface area contributed by atoms with Crippen LogP contribution in [0.4, 0.5) is 5.82 Å². The zero-order valence-corrected chi connectivity index (χ0v) is 17.4. The molecule has 2 aromatic heterocycles. The summed E-state index contributed by atoms with van der Waals surface area (Å²) >= 11 is 0. The molecule has 2 aliphatic rings. The van der Waals surface area contributed by atoms with Gasteiger partial charge in [0, 0.05) is 51.9 Å². The van der Waals surface area contributed by atoms with E-state index in [4.69, 9.17) is 4.52 Å². The predicted molar refractivity (Wildman–Crippen MR) is 111 cm³/mol. The molecule has 4 heterocycles. The van der Waals surface area contributed by atoms with Gasteiger partial charge in [0.1, 0.15) is 5.82 Å². The highest BCUT2D eigenvalue weighted by molar-refractivity contribution is 5.80. The topological polar surface area (TPSA) is 78.6 Å². The van der Waals surface area contributed by atoms with Crippen LogP contribution in [0.2, 0.25) is 0 Å². The Hall–Kier alpha value is -2.48. The zero-order valence-electron chi connectivity index (χ0n) is 17.4. The number of aromatic nitrogens is 3. The fourth-order valence-corrected chi connectivity index (χ4v) is 4.25. The van der Waals surface area contributed by atoms with Crippen LogP contribution in [-0.4, -0.2) is 76.6 Å². The van der Waals surface area contributed by atoms with Gasteiger partial charge in [-0.25, -0.2) is 4.98 Å². The second kappa shape index (κ2) is 8.90. The molecule has 1 atom stereocenters. The van der Waals surface area contributed by atoms with Crippen molar-refractivity contribution < 1.29 is 9.32 Å². The summed E-state index contributed by atoms with van der Waals surface area (Å²) in [4.78, 5) is 28.9. The first-order chi connectivity index (χ1) is 14.2. The van der Waals surface area contributed by atoms with Crippen molar-refractivity contribution in [2.45, 2.75) is 33.1 Å². The third-order valence-corrected chi connectivity index (χ3v) is 6.00. The van der Waals surface area contributed by atoms with Gasteiger partial charge in [0.15, 0.2) is 0 Å². The number of piperidine rings is 1. The molecular formula is C21H30N6O2. The molecule has 0 N–H and O–H groups in total. The number of pyridine rings is 1. The second-order valence-electron chi connectivity index (χ2n) is 7.78. The Kier molecular flexibility index (Phi) is 6.08. The van der Waals surface area contributed by atoms with Crippen molar-refractivity contribution in [3.05, 3.63) is 24.2 Å². The molecule has 4 rings (SSSR count). The summed E-state index contributed by atoms with van der Waals surface area (Å²) in [6.45, 7) is 10.4. The number of hydrogen-bond donors (Lipinski definition) is 0. The number of carbonyl (C=O) groups excluding carboxylic acids is 1. The van der Waals surface area contributed by atoms with Crippen LogP contribution in [0.1, 0.15) is 32.6 Å². The number of carbonyl (C=O) groups is 1. The van der Waals surface area contributed by atoms with Gasteiger partial charge in [-0.1, -0.05) is 19.0 Å². The Morgan fingerprint density at radius 2 is 2.03 bits per heavy atom. The molecule has 2 saturated heterocycles. The summed E-state index contributed by atoms with van der Waals surface area (Å²) in [6.07, 6.45) is 4.41. The van der Waals surface area contributed by atoms with Gasteiger partial charge in [-0.15, -0.1) is 0 Å². The number of nitrogens with zero attached hydrogens (tertiary/aromatic N) is 6. The Bertz CT molecular complexity index is 830. The third kappa shape index (κ3) is 4.27. The van der Waals surface area contributed by atoms with Crippen molar-refractivity contribution in [3.63, 3.8) is 0 Å². The van der Waals surface area contributed by atoms with E-state index < -0.39 is 0 Å². The lowest BCUT2D eigenvalue weighted by molar-refractivity contribution is -0.137. The molecule has 0 radical (unpaired) electrons. The molecule has 0 bridgehead atoms. The van der Waals surface area contributed by atoms with Crippen LogP contribution in [-0.2, 0) is 11.2 Å². The molecule has 1 amide bonds. The van der Waals surface area contributed by atoms with Gasteiger partial charge in [-0.05, 0) is 31.5 Å². The van der Waals surface area contributed by atoms with Crippen LogP contribution < -0.4 is 4.90 Å². The van der Waals surface area contributed by atoms with Crippen LogP contribution in [0, 0.1) is 5.92 Å². The first kappa shape index (κ1) is 19.8. The van der Waals surface area contributed by atoms with Crippen molar-refractivity contribution in [1.82, 2.24) is 24.9 Å². The maximum Gasteiger partial charge on any atom is 0.227 e. The van der Waals surface area contributed by atoms with Crippen molar-refractivity contribution in [1.29, 1.82) is 0 Å². The molecule has 156 valence electrons. The van der Waals surface area contributed by atoms with Crippen LogP contribution in [0.15, 0.2) is 22.9 Å². The number of anilines is 1. The lowest BCUT2D eigenvalue weighted by atomic mass is 9.95. The highest BCUT2D eigenvalue weighted by Gasteiger charge is 2.32. The minimum absolute atomic E-state index is 0.0169. The molecule has 29 heavy (non-hydrogen) atoms. The predicted octanol–water partition coefficient (Wildman–Crippen LogP) is 2.07. The maximum absolute atomic E-state index is 13.1. The zero-order chi connectivity index (χ0) is 20.2. The summed E-state index contributed by atoms with van der Waals surface area (Å²) in [5, 5.41) is 4.12. The number of rotatable bonds is 5. The third-order valence-electron chi connectivity index (χ3n) is 6.00. The molecule has 0 spiro atoms. The molecule has 0 unspecified atom stereocenters. The Morgan fingerprint density at radius 1 is 1.21 bits per heavy atom. The maximum atomic E-state index is 13.1. The highest BCUT2D eigenvalue weighted by atomic mass is 16.5. The second-order valence-corrected chi connectivity index (χ2v) is 7.78. The van der Waals surface area contributed by atoms with Gasteiger partial charge >= 0.3 is 0 Å². The van der Waals surface area contributed by atoms with Crippen molar-refractivity contribution in [2.75, 3.05) is 50.7 Å². The fraction of sp³-hybridized carbons (Fsp3) is 0.619. The van der Waals surface area contributed by atoms with Crippen molar-refractivity contribution in [3.8, 4) is 11.4 Å². The number of aryl methyl sites for hydroxylation is 1. The summed E-state index contributed by atoms with van der Waals surface area (Å²) in [6, 6.07) is 3.86. The van der Waals surface area contributed by atoms with Gasteiger partial charge in [0.25, 0.3) is 0 Å². The van der Waals surface area contributed by atoms with E-state index in [-0.39, 0.29) is 11.8 Å². The summed E-state index contributed by atoms with van der Waals surface area (Å²) in [7, 11) is 0. The molecule has 0 aliphatic carbocycles. The fourth-order valence-electron chi connectivity index (χ4n) is 4.25. The standard InChI is InChI=1S/C21H30N6O2/c1-3-18-23-19(24-29-18)17-8-5-9-22-20(17)27-10-6-7-16(15-27)21(28)26-13-11-25(4-2)12-14-26/h5,8-9,16H,3-4,6-7,10-15H2,1-2H3/t16-/m1/s1. The van der Waals surface area contributed by atoms with Crippen LogP contribution in [0.5, 0.6) is 0 Å². The number of amides is 1. The van der Waals surface area contributed by atoms with E-state index in [2.05, 4.69) is 31.8 Å². The first-order valence-electron chi connectivity index (χ1n) is 10.7. The van der Waals surface area contributed by atoms with Crippen LogP contribution >= 0.6 is 0 Å². The van der Waals surface area contributed by atoms with Gasteiger partial charge in [0.05, 0.1) is 11.5 Å². The van der Waals surface area contributed by atoms with Crippen molar-refractivity contribution >= 4 is 11.7 Å². The summed E-state index contributed by atoms with van der Waals surface area (Å²) < 4.78 is 5.29. The molecule has 8 heteroatoms. The lowest BCUT2D eigenvalue weighted by Gasteiger charge is -2.39. The molecular weight excluding hydrogens is 368 g/mol. The van der Waals surface area contributed by atoms with Crippen LogP contribution in [0.3, 0.4) is 0 Å². The average molecular weight is 399 g/mol. The lowest BCUT2D eigenvalue weighted by Crippen LogP contribution is -2.52. The number of piperazine rings is 1. The Labute approximate surface area is 171 Å². The quantitative estimate of drug-likeness (QED) is 0.763. The first-order valence-corrected chi connectivity index (χ1v) is 10.7. The minimum atomic E-state index is 0.0169.